The highest BCUT2D eigenvalue weighted by molar-refractivity contribution is 6.13. The quantitative estimate of drug-likeness (QED) is 0.160. The summed E-state index contributed by atoms with van der Waals surface area (Å²) in [6.07, 6.45) is 0. The molecule has 0 radical (unpaired) electrons. The van der Waals surface area contributed by atoms with Gasteiger partial charge in [-0.3, -0.25) is 0 Å². The number of anilines is 3. The Labute approximate surface area is 370 Å². The van der Waals surface area contributed by atoms with Crippen LogP contribution in [-0.4, -0.2) is 0 Å². The highest BCUT2D eigenvalue weighted by atomic mass is 16.3. The SMILES string of the molecule is c1ccc(-c2ccc3c(c2)C(c2ccccc2)(c2cccc(N(c4ccc5c(c4)oc4ccccc45)c4ccc5oc6cccc(-c7ccccc7)c6c5c4)c2)c2ccccc2-3)cc1. The Balaban J connectivity index is 1.07. The van der Waals surface area contributed by atoms with E-state index in [1.807, 2.05) is 12.1 Å². The second kappa shape index (κ2) is 14.3. The molecule has 300 valence electrons. The van der Waals surface area contributed by atoms with Gasteiger partial charge in [0.05, 0.1) is 5.41 Å². The Morgan fingerprint density at radius 2 is 0.891 bits per heavy atom. The van der Waals surface area contributed by atoms with Crippen LogP contribution in [0.1, 0.15) is 22.3 Å². The van der Waals surface area contributed by atoms with Gasteiger partial charge in [0, 0.05) is 44.7 Å². The minimum atomic E-state index is -0.613. The third kappa shape index (κ3) is 5.47. The van der Waals surface area contributed by atoms with Crippen LogP contribution < -0.4 is 4.90 Å². The molecule has 2 heterocycles. The van der Waals surface area contributed by atoms with Crippen molar-refractivity contribution in [3.05, 3.63) is 259 Å². The summed E-state index contributed by atoms with van der Waals surface area (Å²) in [7, 11) is 0. The van der Waals surface area contributed by atoms with Crippen molar-refractivity contribution in [1.29, 1.82) is 0 Å². The molecule has 0 spiro atoms. The fraction of sp³-hybridized carbons (Fsp3) is 0.0164. The summed E-state index contributed by atoms with van der Waals surface area (Å²) in [4.78, 5) is 2.38. The Bertz CT molecular complexity index is 3730. The zero-order chi connectivity index (χ0) is 42.2. The topological polar surface area (TPSA) is 29.5 Å². The molecule has 2 aromatic heterocycles. The molecule has 0 saturated carbocycles. The molecule has 10 aromatic carbocycles. The molecule has 1 unspecified atom stereocenters. The summed E-state index contributed by atoms with van der Waals surface area (Å²) in [5, 5.41) is 4.36. The van der Waals surface area contributed by atoms with Crippen LogP contribution in [0.4, 0.5) is 17.1 Å². The van der Waals surface area contributed by atoms with E-state index in [4.69, 9.17) is 8.83 Å². The number of hydrogen-bond donors (Lipinski definition) is 0. The van der Waals surface area contributed by atoms with Gasteiger partial charge in [-0.15, -0.1) is 0 Å². The van der Waals surface area contributed by atoms with Crippen LogP contribution in [0, 0.1) is 0 Å². The molecule has 0 N–H and O–H groups in total. The number of nitrogens with zero attached hydrogens (tertiary/aromatic N) is 1. The number of furan rings is 2. The van der Waals surface area contributed by atoms with Gasteiger partial charge in [-0.1, -0.05) is 170 Å². The average Bonchev–Trinajstić information content (AvgIpc) is 4.03. The van der Waals surface area contributed by atoms with Gasteiger partial charge in [0.25, 0.3) is 0 Å². The van der Waals surface area contributed by atoms with E-state index in [0.717, 1.165) is 72.1 Å². The Hall–Kier alpha value is -8.40. The maximum atomic E-state index is 6.58. The first-order valence-corrected chi connectivity index (χ1v) is 21.9. The van der Waals surface area contributed by atoms with Crippen LogP contribution in [0.3, 0.4) is 0 Å². The Morgan fingerprint density at radius 1 is 0.297 bits per heavy atom. The first kappa shape index (κ1) is 36.3. The van der Waals surface area contributed by atoms with Crippen molar-refractivity contribution in [1.82, 2.24) is 0 Å². The van der Waals surface area contributed by atoms with E-state index in [2.05, 4.69) is 229 Å². The van der Waals surface area contributed by atoms with Crippen LogP contribution in [-0.2, 0) is 5.41 Å². The lowest BCUT2D eigenvalue weighted by Gasteiger charge is -2.35. The standard InChI is InChI=1S/C61H39NO2/c1-4-16-40(17-5-1)42-30-33-50-49-24-10-12-27-54(49)61(55(50)36-42,43-20-8-3-9-21-43)44-22-14-23-45(37-44)62(47-31-34-52-51-25-11-13-28-56(51)64-59(52)39-47)46-32-35-57-53(38-46)60-48(26-15-29-58(60)63-57)41-18-6-2-7-19-41/h1-39H. The minimum absolute atomic E-state index is 0.613. The van der Waals surface area contributed by atoms with Crippen molar-refractivity contribution < 1.29 is 8.83 Å². The molecule has 1 aliphatic rings. The van der Waals surface area contributed by atoms with Crippen molar-refractivity contribution in [2.75, 3.05) is 4.90 Å². The fourth-order valence-electron chi connectivity index (χ4n) is 10.6. The summed E-state index contributed by atoms with van der Waals surface area (Å²) in [6.45, 7) is 0. The van der Waals surface area contributed by atoms with E-state index in [-0.39, 0.29) is 0 Å². The van der Waals surface area contributed by atoms with Crippen molar-refractivity contribution in [3.63, 3.8) is 0 Å². The molecule has 64 heavy (non-hydrogen) atoms. The molecule has 3 nitrogen and oxygen atoms in total. The number of rotatable bonds is 7. The molecule has 0 amide bonds. The molecule has 0 fully saturated rings. The van der Waals surface area contributed by atoms with Gasteiger partial charge in [-0.2, -0.15) is 0 Å². The van der Waals surface area contributed by atoms with Crippen LogP contribution >= 0.6 is 0 Å². The zero-order valence-electron chi connectivity index (χ0n) is 34.8. The maximum Gasteiger partial charge on any atom is 0.137 e. The Kier molecular flexibility index (Phi) is 8.13. The number of hydrogen-bond acceptors (Lipinski definition) is 3. The lowest BCUT2D eigenvalue weighted by atomic mass is 9.67. The predicted octanol–water partition coefficient (Wildman–Crippen LogP) is 16.7. The third-order valence-corrected chi connectivity index (χ3v) is 13.3. The van der Waals surface area contributed by atoms with Gasteiger partial charge in [-0.25, -0.2) is 0 Å². The largest absolute Gasteiger partial charge is 0.456 e. The first-order chi connectivity index (χ1) is 31.7. The van der Waals surface area contributed by atoms with Crippen molar-refractivity contribution in [3.8, 4) is 33.4 Å². The molecule has 13 rings (SSSR count). The van der Waals surface area contributed by atoms with Crippen LogP contribution in [0.25, 0.3) is 77.3 Å². The van der Waals surface area contributed by atoms with E-state index in [0.29, 0.717) is 0 Å². The number of fused-ring (bicyclic) bond motifs is 9. The highest BCUT2D eigenvalue weighted by Gasteiger charge is 2.46. The van der Waals surface area contributed by atoms with Crippen LogP contribution in [0.2, 0.25) is 0 Å². The second-order valence-electron chi connectivity index (χ2n) is 16.8. The van der Waals surface area contributed by atoms with Crippen LogP contribution in [0.5, 0.6) is 0 Å². The summed E-state index contributed by atoms with van der Waals surface area (Å²) < 4.78 is 13.1. The minimum Gasteiger partial charge on any atom is -0.456 e. The van der Waals surface area contributed by atoms with Gasteiger partial charge < -0.3 is 13.7 Å². The first-order valence-electron chi connectivity index (χ1n) is 21.9. The molecule has 3 heteroatoms. The molecule has 1 atom stereocenters. The molecule has 12 aromatic rings. The van der Waals surface area contributed by atoms with E-state index >= 15 is 0 Å². The van der Waals surface area contributed by atoms with E-state index in [1.54, 1.807) is 0 Å². The van der Waals surface area contributed by atoms with Gasteiger partial charge in [0.1, 0.15) is 22.3 Å². The summed E-state index contributed by atoms with van der Waals surface area (Å²) >= 11 is 0. The third-order valence-electron chi connectivity index (χ3n) is 13.3. The van der Waals surface area contributed by atoms with Gasteiger partial charge in [0.15, 0.2) is 0 Å². The van der Waals surface area contributed by atoms with E-state index < -0.39 is 5.41 Å². The highest BCUT2D eigenvalue weighted by Crippen LogP contribution is 2.57. The van der Waals surface area contributed by atoms with Crippen molar-refractivity contribution in [2.24, 2.45) is 0 Å². The van der Waals surface area contributed by atoms with E-state index in [9.17, 15) is 0 Å². The molecule has 1 aliphatic carbocycles. The molecular weight excluding hydrogens is 779 g/mol. The summed E-state index contributed by atoms with van der Waals surface area (Å²) in [5.74, 6) is 0. The zero-order valence-corrected chi connectivity index (χ0v) is 34.8. The molecule has 0 aliphatic heterocycles. The molecule has 0 saturated heterocycles. The van der Waals surface area contributed by atoms with Crippen LogP contribution in [0.15, 0.2) is 245 Å². The van der Waals surface area contributed by atoms with Gasteiger partial charge in [0.2, 0.25) is 0 Å². The number of para-hydroxylation sites is 1. The second-order valence-corrected chi connectivity index (χ2v) is 16.8. The normalized spacial score (nSPS) is 14.3. The number of benzene rings is 10. The van der Waals surface area contributed by atoms with Crippen molar-refractivity contribution in [2.45, 2.75) is 5.41 Å². The Morgan fingerprint density at radius 3 is 1.75 bits per heavy atom. The monoisotopic (exact) mass is 817 g/mol. The van der Waals surface area contributed by atoms with E-state index in [1.165, 1.54) is 44.5 Å². The molecular formula is C61H39NO2. The lowest BCUT2D eigenvalue weighted by Crippen LogP contribution is -2.29. The fourth-order valence-corrected chi connectivity index (χ4v) is 10.6. The molecule has 0 bridgehead atoms. The smallest absolute Gasteiger partial charge is 0.137 e. The summed E-state index contributed by atoms with van der Waals surface area (Å²) in [5.41, 5.74) is 18.0. The summed E-state index contributed by atoms with van der Waals surface area (Å²) in [6, 6.07) is 85.4. The van der Waals surface area contributed by atoms with Gasteiger partial charge in [-0.05, 0) is 116 Å². The lowest BCUT2D eigenvalue weighted by molar-refractivity contribution is 0.668. The van der Waals surface area contributed by atoms with Gasteiger partial charge >= 0.3 is 0 Å². The average molecular weight is 818 g/mol. The maximum absolute atomic E-state index is 6.58. The predicted molar refractivity (Wildman–Crippen MR) is 264 cm³/mol. The van der Waals surface area contributed by atoms with Crippen molar-refractivity contribution >= 4 is 60.9 Å².